The Hall–Kier alpha value is -2.01. The van der Waals surface area contributed by atoms with Crippen LogP contribution in [0.15, 0.2) is 11.0 Å². The van der Waals surface area contributed by atoms with Crippen LogP contribution in [-0.2, 0) is 4.74 Å². The van der Waals surface area contributed by atoms with Crippen LogP contribution in [0.25, 0.3) is 11.0 Å². The number of nitrogen functional groups attached to an aromatic ring is 1. The number of anilines is 1. The standard InChI is InChI=1S/C10H13N5O5/c11-8-5-3(1-12-14-5)15(10(19)13-8)9-7(18)6(17)4(2-16)20-9/h1,4,6-7,9,16-18H,2H2,(H,12,14)(H2,11,13,19)/t4-,6-,7-,9-/m1/s1. The maximum Gasteiger partial charge on any atom is 0.352 e. The van der Waals surface area contributed by atoms with Gasteiger partial charge in [0.15, 0.2) is 12.0 Å². The number of hydrogen-bond acceptors (Lipinski definition) is 8. The van der Waals surface area contributed by atoms with Crippen molar-refractivity contribution in [3.05, 3.63) is 16.7 Å². The topological polar surface area (TPSA) is 160 Å². The van der Waals surface area contributed by atoms with Crippen molar-refractivity contribution in [3.63, 3.8) is 0 Å². The van der Waals surface area contributed by atoms with Gasteiger partial charge in [-0.25, -0.2) is 4.79 Å². The van der Waals surface area contributed by atoms with Gasteiger partial charge in [-0.1, -0.05) is 0 Å². The second-order valence-corrected chi connectivity index (χ2v) is 4.51. The molecule has 0 aliphatic carbocycles. The van der Waals surface area contributed by atoms with E-state index in [1.54, 1.807) is 0 Å². The predicted octanol–water partition coefficient (Wildman–Crippen LogP) is -2.69. The Bertz CT molecular complexity index is 697. The minimum absolute atomic E-state index is 0.0227. The molecular weight excluding hydrogens is 270 g/mol. The van der Waals surface area contributed by atoms with Crippen LogP contribution in [0.4, 0.5) is 5.82 Å². The lowest BCUT2D eigenvalue weighted by Crippen LogP contribution is -2.36. The zero-order chi connectivity index (χ0) is 14.4. The van der Waals surface area contributed by atoms with E-state index in [1.165, 1.54) is 6.20 Å². The largest absolute Gasteiger partial charge is 0.394 e. The highest BCUT2D eigenvalue weighted by Crippen LogP contribution is 2.30. The van der Waals surface area contributed by atoms with Gasteiger partial charge in [0.2, 0.25) is 0 Å². The zero-order valence-corrected chi connectivity index (χ0v) is 10.2. The molecule has 3 heterocycles. The average Bonchev–Trinajstić information content (AvgIpc) is 2.99. The molecule has 2 aromatic rings. The fraction of sp³-hybridized carbons (Fsp3) is 0.500. The summed E-state index contributed by atoms with van der Waals surface area (Å²) in [5, 5.41) is 35.1. The summed E-state index contributed by atoms with van der Waals surface area (Å²) in [7, 11) is 0. The van der Waals surface area contributed by atoms with Gasteiger partial charge in [0.1, 0.15) is 23.8 Å². The van der Waals surface area contributed by atoms with Gasteiger partial charge in [0.05, 0.1) is 18.3 Å². The van der Waals surface area contributed by atoms with E-state index >= 15 is 0 Å². The van der Waals surface area contributed by atoms with Crippen molar-refractivity contribution in [3.8, 4) is 0 Å². The maximum atomic E-state index is 12.0. The fourth-order valence-corrected chi connectivity index (χ4v) is 2.31. The normalized spacial score (nSPS) is 30.1. The minimum atomic E-state index is -1.38. The molecule has 0 spiro atoms. The van der Waals surface area contributed by atoms with Crippen molar-refractivity contribution in [2.75, 3.05) is 12.3 Å². The molecule has 0 radical (unpaired) electrons. The Morgan fingerprint density at radius 2 is 2.20 bits per heavy atom. The van der Waals surface area contributed by atoms with Gasteiger partial charge < -0.3 is 25.8 Å². The molecule has 4 atom stereocenters. The number of fused-ring (bicyclic) bond motifs is 1. The van der Waals surface area contributed by atoms with Gasteiger partial charge in [-0.05, 0) is 0 Å². The van der Waals surface area contributed by atoms with Crippen molar-refractivity contribution >= 4 is 16.9 Å². The second-order valence-electron chi connectivity index (χ2n) is 4.51. The molecule has 1 saturated heterocycles. The molecule has 1 aliphatic heterocycles. The van der Waals surface area contributed by atoms with Gasteiger partial charge >= 0.3 is 5.69 Å². The van der Waals surface area contributed by atoms with Gasteiger partial charge in [0, 0.05) is 0 Å². The fourth-order valence-electron chi connectivity index (χ4n) is 2.31. The zero-order valence-electron chi connectivity index (χ0n) is 10.2. The first-order valence-corrected chi connectivity index (χ1v) is 5.88. The number of rotatable bonds is 2. The molecule has 20 heavy (non-hydrogen) atoms. The van der Waals surface area contributed by atoms with E-state index in [0.29, 0.717) is 5.52 Å². The predicted molar refractivity (Wildman–Crippen MR) is 65.6 cm³/mol. The Kier molecular flexibility index (Phi) is 2.94. The summed E-state index contributed by atoms with van der Waals surface area (Å²) in [6, 6.07) is 0. The summed E-state index contributed by atoms with van der Waals surface area (Å²) in [5.74, 6) is -0.0227. The SMILES string of the molecule is Nc1nc(=O)n([C@@H]2O[C@H](CO)[C@@H](O)[C@H]2O)c2cn[nH]c12. The Morgan fingerprint density at radius 3 is 2.85 bits per heavy atom. The van der Waals surface area contributed by atoms with Crippen LogP contribution < -0.4 is 11.4 Å². The molecule has 0 aromatic carbocycles. The van der Waals surface area contributed by atoms with E-state index in [1.807, 2.05) is 0 Å². The van der Waals surface area contributed by atoms with Gasteiger partial charge in [-0.3, -0.25) is 9.67 Å². The monoisotopic (exact) mass is 283 g/mol. The maximum absolute atomic E-state index is 12.0. The third kappa shape index (κ3) is 1.70. The van der Waals surface area contributed by atoms with Crippen LogP contribution in [0.1, 0.15) is 6.23 Å². The molecule has 108 valence electrons. The number of ether oxygens (including phenoxy) is 1. The summed E-state index contributed by atoms with van der Waals surface area (Å²) in [6.07, 6.45) is -3.52. The number of hydrogen-bond donors (Lipinski definition) is 5. The molecule has 0 unspecified atom stereocenters. The van der Waals surface area contributed by atoms with E-state index in [0.717, 1.165) is 4.57 Å². The Labute approximate surface area is 111 Å². The first-order chi connectivity index (χ1) is 9.54. The van der Waals surface area contributed by atoms with E-state index in [4.69, 9.17) is 15.6 Å². The lowest BCUT2D eigenvalue weighted by Gasteiger charge is -2.18. The highest BCUT2D eigenvalue weighted by atomic mass is 16.6. The summed E-state index contributed by atoms with van der Waals surface area (Å²) in [5.41, 5.74) is 5.46. The number of nitrogens with two attached hydrogens (primary N) is 1. The summed E-state index contributed by atoms with van der Waals surface area (Å²) in [4.78, 5) is 15.6. The number of aliphatic hydroxyl groups is 3. The van der Waals surface area contributed by atoms with Crippen molar-refractivity contribution in [2.24, 2.45) is 0 Å². The van der Waals surface area contributed by atoms with Crippen LogP contribution in [0.3, 0.4) is 0 Å². The number of aromatic amines is 1. The molecular formula is C10H13N5O5. The third-order valence-corrected chi connectivity index (χ3v) is 3.33. The molecule has 0 bridgehead atoms. The van der Waals surface area contributed by atoms with Crippen LogP contribution in [0.5, 0.6) is 0 Å². The van der Waals surface area contributed by atoms with E-state index < -0.39 is 36.8 Å². The van der Waals surface area contributed by atoms with Crippen molar-refractivity contribution < 1.29 is 20.1 Å². The molecule has 0 amide bonds. The van der Waals surface area contributed by atoms with Crippen LogP contribution in [0, 0.1) is 0 Å². The van der Waals surface area contributed by atoms with Crippen LogP contribution in [-0.4, -0.2) is 60.0 Å². The molecule has 10 heteroatoms. The number of aromatic nitrogens is 4. The van der Waals surface area contributed by atoms with E-state index in [2.05, 4.69) is 15.2 Å². The molecule has 1 fully saturated rings. The summed E-state index contributed by atoms with van der Waals surface area (Å²) >= 11 is 0. The molecule has 3 rings (SSSR count). The number of nitrogens with zero attached hydrogens (tertiary/aromatic N) is 3. The molecule has 2 aromatic heterocycles. The Morgan fingerprint density at radius 1 is 1.45 bits per heavy atom. The highest BCUT2D eigenvalue weighted by Gasteiger charge is 2.44. The first-order valence-electron chi connectivity index (χ1n) is 5.88. The van der Waals surface area contributed by atoms with Crippen LogP contribution >= 0.6 is 0 Å². The van der Waals surface area contributed by atoms with Crippen molar-refractivity contribution in [1.29, 1.82) is 0 Å². The van der Waals surface area contributed by atoms with E-state index in [9.17, 15) is 15.0 Å². The van der Waals surface area contributed by atoms with Crippen molar-refractivity contribution in [1.82, 2.24) is 19.7 Å². The molecule has 6 N–H and O–H groups in total. The second kappa shape index (κ2) is 4.52. The summed E-state index contributed by atoms with van der Waals surface area (Å²) < 4.78 is 6.35. The molecule has 10 nitrogen and oxygen atoms in total. The quantitative estimate of drug-likeness (QED) is 0.398. The van der Waals surface area contributed by atoms with Gasteiger partial charge in [0.25, 0.3) is 0 Å². The smallest absolute Gasteiger partial charge is 0.352 e. The number of nitrogens with one attached hydrogen (secondary N) is 1. The van der Waals surface area contributed by atoms with Crippen molar-refractivity contribution in [2.45, 2.75) is 24.5 Å². The molecule has 0 saturated carbocycles. The lowest BCUT2D eigenvalue weighted by molar-refractivity contribution is -0.0527. The lowest BCUT2D eigenvalue weighted by atomic mass is 10.1. The minimum Gasteiger partial charge on any atom is -0.394 e. The van der Waals surface area contributed by atoms with E-state index in [-0.39, 0.29) is 11.3 Å². The average molecular weight is 283 g/mol. The highest BCUT2D eigenvalue weighted by molar-refractivity contribution is 5.83. The van der Waals surface area contributed by atoms with Crippen LogP contribution in [0.2, 0.25) is 0 Å². The van der Waals surface area contributed by atoms with Gasteiger partial charge in [-0.15, -0.1) is 0 Å². The summed E-state index contributed by atoms with van der Waals surface area (Å²) in [6.45, 7) is -0.486. The number of H-pyrrole nitrogens is 1. The van der Waals surface area contributed by atoms with Gasteiger partial charge in [-0.2, -0.15) is 10.1 Å². The Balaban J connectivity index is 2.16. The third-order valence-electron chi connectivity index (χ3n) is 3.33. The molecule has 1 aliphatic rings. The first kappa shape index (κ1) is 13.0. The number of aliphatic hydroxyl groups excluding tert-OH is 3.